The van der Waals surface area contributed by atoms with E-state index in [1.165, 1.54) is 17.2 Å². The number of nitrogens with two attached hydrogens (primary N) is 1. The van der Waals surface area contributed by atoms with E-state index >= 15 is 0 Å². The first-order chi connectivity index (χ1) is 9.16. The summed E-state index contributed by atoms with van der Waals surface area (Å²) < 4.78 is 1.46. The van der Waals surface area contributed by atoms with Gasteiger partial charge in [0.1, 0.15) is 6.33 Å². The first-order valence-corrected chi connectivity index (χ1v) is 5.45. The van der Waals surface area contributed by atoms with Crippen molar-refractivity contribution in [3.63, 3.8) is 0 Å². The van der Waals surface area contributed by atoms with Crippen LogP contribution in [0.15, 0.2) is 36.8 Å². The van der Waals surface area contributed by atoms with E-state index in [1.807, 2.05) is 0 Å². The molecule has 3 N–H and O–H groups in total. The van der Waals surface area contributed by atoms with Crippen molar-refractivity contribution in [1.29, 1.82) is 0 Å². The van der Waals surface area contributed by atoms with Gasteiger partial charge in [0.2, 0.25) is 0 Å². The Kier molecular flexibility index (Phi) is 2.38. The molecular weight excluding hydrogens is 246 g/mol. The second-order valence-corrected chi connectivity index (χ2v) is 3.92. The van der Waals surface area contributed by atoms with Gasteiger partial charge in [-0.05, 0) is 24.3 Å². The van der Waals surface area contributed by atoms with E-state index in [9.17, 15) is 4.79 Å². The molecular formula is C12H9N5O2. The third-order valence-electron chi connectivity index (χ3n) is 2.69. The molecule has 0 fully saturated rings. The van der Waals surface area contributed by atoms with Crippen molar-refractivity contribution in [1.82, 2.24) is 19.7 Å². The van der Waals surface area contributed by atoms with Crippen molar-refractivity contribution in [3.05, 3.63) is 42.5 Å². The summed E-state index contributed by atoms with van der Waals surface area (Å²) in [5, 5.41) is 13.6. The average Bonchev–Trinajstić information content (AvgIpc) is 2.79. The third kappa shape index (κ3) is 1.77. The molecule has 0 aliphatic heterocycles. The first-order valence-electron chi connectivity index (χ1n) is 5.45. The number of carboxylic acid groups (broad SMARTS) is 1. The lowest BCUT2D eigenvalue weighted by Crippen LogP contribution is -2.01. The number of nitrogens with zero attached hydrogens (tertiary/aromatic N) is 4. The fourth-order valence-corrected chi connectivity index (χ4v) is 1.81. The van der Waals surface area contributed by atoms with Crippen LogP contribution in [0.4, 0.5) is 5.69 Å². The van der Waals surface area contributed by atoms with Gasteiger partial charge in [-0.3, -0.25) is 0 Å². The van der Waals surface area contributed by atoms with Crippen molar-refractivity contribution in [2.75, 3.05) is 5.73 Å². The van der Waals surface area contributed by atoms with Crippen LogP contribution in [0.1, 0.15) is 10.5 Å². The highest BCUT2D eigenvalue weighted by molar-refractivity contribution is 6.00. The fraction of sp³-hybridized carbons (Fsp3) is 0. The van der Waals surface area contributed by atoms with Crippen molar-refractivity contribution >= 4 is 22.7 Å². The van der Waals surface area contributed by atoms with Crippen LogP contribution in [-0.4, -0.2) is 30.8 Å². The van der Waals surface area contributed by atoms with Crippen molar-refractivity contribution in [3.8, 4) is 5.69 Å². The molecule has 94 valence electrons. The van der Waals surface area contributed by atoms with Crippen LogP contribution in [0.3, 0.4) is 0 Å². The monoisotopic (exact) mass is 255 g/mol. The third-order valence-corrected chi connectivity index (χ3v) is 2.69. The molecule has 0 amide bonds. The van der Waals surface area contributed by atoms with E-state index in [0.717, 1.165) is 0 Å². The van der Waals surface area contributed by atoms with Gasteiger partial charge in [-0.15, -0.1) is 0 Å². The summed E-state index contributed by atoms with van der Waals surface area (Å²) in [4.78, 5) is 19.1. The summed E-state index contributed by atoms with van der Waals surface area (Å²) >= 11 is 0. The lowest BCUT2D eigenvalue weighted by Gasteiger charge is -2.02. The lowest BCUT2D eigenvalue weighted by molar-refractivity contribution is 0.0692. The number of aromatic nitrogens is 4. The summed E-state index contributed by atoms with van der Waals surface area (Å²) in [5.41, 5.74) is 7.29. The van der Waals surface area contributed by atoms with Gasteiger partial charge in [-0.1, -0.05) is 0 Å². The molecule has 0 saturated heterocycles. The predicted octanol–water partition coefficient (Wildman–Crippen LogP) is 1.10. The maximum Gasteiger partial charge on any atom is 0.357 e. The Morgan fingerprint density at radius 3 is 2.68 bits per heavy atom. The Bertz CT molecular complexity index is 763. The molecule has 0 aliphatic rings. The maximum atomic E-state index is 11.2. The van der Waals surface area contributed by atoms with Crippen molar-refractivity contribution < 1.29 is 9.90 Å². The molecule has 0 saturated carbocycles. The molecule has 0 radical (unpaired) electrons. The number of hydrogen-bond donors (Lipinski definition) is 2. The summed E-state index contributed by atoms with van der Waals surface area (Å²) in [6.45, 7) is 0. The zero-order chi connectivity index (χ0) is 13.4. The second kappa shape index (κ2) is 4.05. The van der Waals surface area contributed by atoms with E-state index in [4.69, 9.17) is 10.8 Å². The number of anilines is 1. The van der Waals surface area contributed by atoms with E-state index < -0.39 is 5.97 Å². The minimum atomic E-state index is -1.12. The number of nitrogen functional groups attached to an aromatic ring is 1. The predicted molar refractivity (Wildman–Crippen MR) is 68.0 cm³/mol. The largest absolute Gasteiger partial charge is 0.476 e. The molecule has 19 heavy (non-hydrogen) atoms. The zero-order valence-corrected chi connectivity index (χ0v) is 9.69. The van der Waals surface area contributed by atoms with Crippen LogP contribution in [0, 0.1) is 0 Å². The SMILES string of the molecule is Nc1ccc(-n2nc(C(=O)O)c3cncnc32)cc1. The Balaban J connectivity index is 2.29. The van der Waals surface area contributed by atoms with E-state index in [0.29, 0.717) is 22.4 Å². The van der Waals surface area contributed by atoms with E-state index in [-0.39, 0.29) is 5.69 Å². The molecule has 3 rings (SSSR count). The Morgan fingerprint density at radius 2 is 2.00 bits per heavy atom. The van der Waals surface area contributed by atoms with Gasteiger partial charge in [-0.2, -0.15) is 5.10 Å². The number of benzene rings is 1. The zero-order valence-electron chi connectivity index (χ0n) is 9.69. The van der Waals surface area contributed by atoms with Gasteiger partial charge >= 0.3 is 5.97 Å². The van der Waals surface area contributed by atoms with E-state index in [2.05, 4.69) is 15.1 Å². The molecule has 0 spiro atoms. The molecule has 7 heteroatoms. The van der Waals surface area contributed by atoms with Crippen molar-refractivity contribution in [2.24, 2.45) is 0 Å². The highest BCUT2D eigenvalue weighted by atomic mass is 16.4. The summed E-state index contributed by atoms with van der Waals surface area (Å²) in [6.07, 6.45) is 2.79. The molecule has 0 aliphatic carbocycles. The van der Waals surface area contributed by atoms with Crippen LogP contribution >= 0.6 is 0 Å². The van der Waals surface area contributed by atoms with Crippen LogP contribution in [0.2, 0.25) is 0 Å². The molecule has 3 aromatic rings. The number of carboxylic acids is 1. The van der Waals surface area contributed by atoms with Gasteiger partial charge in [-0.25, -0.2) is 19.4 Å². The molecule has 0 bridgehead atoms. The van der Waals surface area contributed by atoms with E-state index in [1.54, 1.807) is 24.3 Å². The number of carbonyl (C=O) groups is 1. The number of rotatable bonds is 2. The van der Waals surface area contributed by atoms with Crippen molar-refractivity contribution in [2.45, 2.75) is 0 Å². The standard InChI is InChI=1S/C12H9N5O2/c13-7-1-3-8(4-2-7)17-11-9(5-14-6-15-11)10(16-17)12(18)19/h1-6H,13H2,(H,18,19). The first kappa shape index (κ1) is 11.1. The molecule has 1 aromatic carbocycles. The quantitative estimate of drug-likeness (QED) is 0.664. The van der Waals surface area contributed by atoms with Gasteiger partial charge in [0.15, 0.2) is 11.3 Å². The summed E-state index contributed by atoms with van der Waals surface area (Å²) in [7, 11) is 0. The van der Waals surface area contributed by atoms with Crippen LogP contribution in [-0.2, 0) is 0 Å². The highest BCUT2D eigenvalue weighted by Crippen LogP contribution is 2.20. The fourth-order valence-electron chi connectivity index (χ4n) is 1.81. The smallest absolute Gasteiger partial charge is 0.357 e. The molecule has 0 unspecified atom stereocenters. The van der Waals surface area contributed by atoms with Crippen LogP contribution in [0.5, 0.6) is 0 Å². The van der Waals surface area contributed by atoms with Crippen LogP contribution < -0.4 is 5.73 Å². The van der Waals surface area contributed by atoms with Gasteiger partial charge in [0.05, 0.1) is 11.1 Å². The number of fused-ring (bicyclic) bond motifs is 1. The van der Waals surface area contributed by atoms with Gasteiger partial charge in [0, 0.05) is 11.9 Å². The van der Waals surface area contributed by atoms with Gasteiger partial charge in [0.25, 0.3) is 0 Å². The number of hydrogen-bond acceptors (Lipinski definition) is 5. The maximum absolute atomic E-state index is 11.2. The summed E-state index contributed by atoms with van der Waals surface area (Å²) in [6, 6.07) is 6.92. The Hall–Kier alpha value is -2.96. The highest BCUT2D eigenvalue weighted by Gasteiger charge is 2.18. The minimum Gasteiger partial charge on any atom is -0.476 e. The Labute approximate surface area is 107 Å². The lowest BCUT2D eigenvalue weighted by atomic mass is 10.3. The average molecular weight is 255 g/mol. The molecule has 2 aromatic heterocycles. The van der Waals surface area contributed by atoms with Crippen LogP contribution in [0.25, 0.3) is 16.7 Å². The number of aromatic carboxylic acids is 1. The molecule has 7 nitrogen and oxygen atoms in total. The topological polar surface area (TPSA) is 107 Å². The normalized spacial score (nSPS) is 10.7. The van der Waals surface area contributed by atoms with Gasteiger partial charge < -0.3 is 10.8 Å². The molecule has 2 heterocycles. The minimum absolute atomic E-state index is 0.0765. The second-order valence-electron chi connectivity index (χ2n) is 3.92. The molecule has 0 atom stereocenters. The Morgan fingerprint density at radius 1 is 1.26 bits per heavy atom. The summed E-state index contributed by atoms with van der Waals surface area (Å²) in [5.74, 6) is -1.12.